The topological polar surface area (TPSA) is 38.7 Å². The molecule has 0 aromatic heterocycles. The summed E-state index contributed by atoms with van der Waals surface area (Å²) in [5.41, 5.74) is 0.125. The van der Waals surface area contributed by atoms with E-state index < -0.39 is 0 Å². The van der Waals surface area contributed by atoms with Crippen LogP contribution in [0.1, 0.15) is 19.8 Å². The Morgan fingerprint density at radius 2 is 2.10 bits per heavy atom. The van der Waals surface area contributed by atoms with Crippen LogP contribution in [0, 0.1) is 10.3 Å². The molecule has 0 radical (unpaired) electrons. The fourth-order valence-electron chi connectivity index (χ4n) is 1.18. The molecule has 0 aromatic carbocycles. The first kappa shape index (κ1) is 7.66. The fourth-order valence-corrected chi connectivity index (χ4v) is 1.18. The summed E-state index contributed by atoms with van der Waals surface area (Å²) < 4.78 is 5.17. The molecular formula is C7H13NO2. The van der Waals surface area contributed by atoms with Crippen LogP contribution in [0.4, 0.5) is 0 Å². The molecule has 0 N–H and O–H groups in total. The molecular weight excluding hydrogens is 130 g/mol. The summed E-state index contributed by atoms with van der Waals surface area (Å²) in [5.74, 6) is 0. The van der Waals surface area contributed by atoms with E-state index in [2.05, 4.69) is 12.1 Å². The predicted molar refractivity (Wildman–Crippen MR) is 38.8 cm³/mol. The Bertz CT molecular complexity index is 119. The molecule has 3 heteroatoms. The van der Waals surface area contributed by atoms with E-state index >= 15 is 0 Å². The van der Waals surface area contributed by atoms with Gasteiger partial charge in [0, 0.05) is 13.2 Å². The zero-order valence-corrected chi connectivity index (χ0v) is 6.30. The predicted octanol–water partition coefficient (Wildman–Crippen LogP) is 1.57. The number of hydrogen-bond acceptors (Lipinski definition) is 3. The molecule has 1 rings (SSSR count). The first-order valence-electron chi connectivity index (χ1n) is 3.64. The van der Waals surface area contributed by atoms with Gasteiger partial charge in [-0.25, -0.2) is 0 Å². The molecule has 1 heterocycles. The zero-order chi connectivity index (χ0) is 7.45. The minimum atomic E-state index is 0.125. The number of nitroso groups, excluding NO2 is 1. The average Bonchev–Trinajstić information content (AvgIpc) is 1.89. The van der Waals surface area contributed by atoms with Crippen molar-refractivity contribution in [2.24, 2.45) is 10.6 Å². The monoisotopic (exact) mass is 143 g/mol. The van der Waals surface area contributed by atoms with Crippen LogP contribution in [0.15, 0.2) is 5.18 Å². The molecule has 0 aliphatic carbocycles. The van der Waals surface area contributed by atoms with E-state index in [1.54, 1.807) is 0 Å². The van der Waals surface area contributed by atoms with Crippen molar-refractivity contribution >= 4 is 0 Å². The normalized spacial score (nSPS) is 24.1. The first-order chi connectivity index (χ1) is 4.77. The molecule has 0 spiro atoms. The van der Waals surface area contributed by atoms with E-state index in [1.165, 1.54) is 0 Å². The lowest BCUT2D eigenvalue weighted by Gasteiger charge is -2.30. The van der Waals surface area contributed by atoms with Gasteiger partial charge in [-0.2, -0.15) is 4.91 Å². The van der Waals surface area contributed by atoms with Crippen LogP contribution in [0.5, 0.6) is 0 Å². The summed E-state index contributed by atoms with van der Waals surface area (Å²) >= 11 is 0. The summed E-state index contributed by atoms with van der Waals surface area (Å²) in [7, 11) is 0. The number of rotatable bonds is 2. The highest BCUT2D eigenvalue weighted by Crippen LogP contribution is 2.29. The first-order valence-corrected chi connectivity index (χ1v) is 3.64. The smallest absolute Gasteiger partial charge is 0.0866 e. The number of hydrogen-bond donors (Lipinski definition) is 0. The molecule has 58 valence electrons. The van der Waals surface area contributed by atoms with E-state index in [1.807, 2.05) is 0 Å². The van der Waals surface area contributed by atoms with Gasteiger partial charge in [-0.1, -0.05) is 12.1 Å². The molecule has 3 nitrogen and oxygen atoms in total. The maximum absolute atomic E-state index is 9.99. The standard InChI is InChI=1S/C7H13NO2/c1-7(6-8-9)2-4-10-5-3-7/h2-6H2,1H3. The van der Waals surface area contributed by atoms with Gasteiger partial charge < -0.3 is 4.74 Å². The van der Waals surface area contributed by atoms with Gasteiger partial charge in [0.05, 0.1) is 6.54 Å². The quantitative estimate of drug-likeness (QED) is 0.550. The number of nitrogens with zero attached hydrogens (tertiary/aromatic N) is 1. The van der Waals surface area contributed by atoms with Crippen LogP contribution < -0.4 is 0 Å². The lowest BCUT2D eigenvalue weighted by molar-refractivity contribution is 0.0282. The molecule has 1 saturated heterocycles. The minimum Gasteiger partial charge on any atom is -0.381 e. The van der Waals surface area contributed by atoms with Crippen molar-refractivity contribution in [1.82, 2.24) is 0 Å². The molecule has 1 aliphatic rings. The van der Waals surface area contributed by atoms with E-state index in [9.17, 15) is 4.91 Å². The van der Waals surface area contributed by atoms with E-state index in [0.717, 1.165) is 26.1 Å². The Morgan fingerprint density at radius 3 is 2.60 bits per heavy atom. The van der Waals surface area contributed by atoms with Crippen LogP contribution in [0.2, 0.25) is 0 Å². The van der Waals surface area contributed by atoms with Crippen molar-refractivity contribution in [2.45, 2.75) is 19.8 Å². The molecule has 0 saturated carbocycles. The van der Waals surface area contributed by atoms with Crippen LogP contribution in [0.3, 0.4) is 0 Å². The Balaban J connectivity index is 2.39. The molecule has 10 heavy (non-hydrogen) atoms. The van der Waals surface area contributed by atoms with Crippen LogP contribution in [0.25, 0.3) is 0 Å². The third kappa shape index (κ3) is 1.77. The Kier molecular flexibility index (Phi) is 2.38. The summed E-state index contributed by atoms with van der Waals surface area (Å²) in [6.07, 6.45) is 1.94. The van der Waals surface area contributed by atoms with Crippen LogP contribution in [-0.2, 0) is 4.74 Å². The molecule has 0 atom stereocenters. The van der Waals surface area contributed by atoms with E-state index in [4.69, 9.17) is 4.74 Å². The Hall–Kier alpha value is -0.440. The summed E-state index contributed by atoms with van der Waals surface area (Å²) in [6, 6.07) is 0. The third-order valence-corrected chi connectivity index (χ3v) is 2.15. The van der Waals surface area contributed by atoms with Crippen molar-refractivity contribution in [3.63, 3.8) is 0 Å². The van der Waals surface area contributed by atoms with Gasteiger partial charge in [0.2, 0.25) is 0 Å². The highest BCUT2D eigenvalue weighted by atomic mass is 16.5. The second-order valence-electron chi connectivity index (χ2n) is 3.21. The highest BCUT2D eigenvalue weighted by Gasteiger charge is 2.27. The molecule has 0 aromatic rings. The Labute approximate surface area is 60.7 Å². The van der Waals surface area contributed by atoms with Gasteiger partial charge in [0.1, 0.15) is 0 Å². The summed E-state index contributed by atoms with van der Waals surface area (Å²) in [5, 5.41) is 2.93. The molecule has 1 fully saturated rings. The van der Waals surface area contributed by atoms with Crippen molar-refractivity contribution in [1.29, 1.82) is 0 Å². The second kappa shape index (κ2) is 3.10. The minimum absolute atomic E-state index is 0.125. The molecule has 0 unspecified atom stereocenters. The summed E-state index contributed by atoms with van der Waals surface area (Å²) in [4.78, 5) is 9.99. The van der Waals surface area contributed by atoms with Crippen molar-refractivity contribution in [2.75, 3.05) is 19.8 Å². The van der Waals surface area contributed by atoms with Crippen molar-refractivity contribution in [3.05, 3.63) is 4.91 Å². The van der Waals surface area contributed by atoms with Gasteiger partial charge in [-0.05, 0) is 18.3 Å². The molecule has 0 amide bonds. The summed E-state index contributed by atoms with van der Waals surface area (Å²) in [6.45, 7) is 4.10. The van der Waals surface area contributed by atoms with Gasteiger partial charge in [-0.15, -0.1) is 0 Å². The lowest BCUT2D eigenvalue weighted by atomic mass is 9.83. The van der Waals surface area contributed by atoms with Gasteiger partial charge >= 0.3 is 0 Å². The SMILES string of the molecule is CC1(CN=O)CCOCC1. The second-order valence-corrected chi connectivity index (χ2v) is 3.21. The van der Waals surface area contributed by atoms with Gasteiger partial charge in [-0.3, -0.25) is 0 Å². The van der Waals surface area contributed by atoms with Crippen molar-refractivity contribution in [3.8, 4) is 0 Å². The van der Waals surface area contributed by atoms with Crippen LogP contribution >= 0.6 is 0 Å². The highest BCUT2D eigenvalue weighted by molar-refractivity contribution is 4.78. The zero-order valence-electron chi connectivity index (χ0n) is 6.30. The lowest BCUT2D eigenvalue weighted by Crippen LogP contribution is -2.28. The molecule has 1 aliphatic heterocycles. The largest absolute Gasteiger partial charge is 0.381 e. The van der Waals surface area contributed by atoms with Gasteiger partial charge in [0.15, 0.2) is 0 Å². The maximum atomic E-state index is 9.99. The Morgan fingerprint density at radius 1 is 1.50 bits per heavy atom. The van der Waals surface area contributed by atoms with Crippen LogP contribution in [-0.4, -0.2) is 19.8 Å². The average molecular weight is 143 g/mol. The van der Waals surface area contributed by atoms with E-state index in [-0.39, 0.29) is 5.41 Å². The fraction of sp³-hybridized carbons (Fsp3) is 1.00. The third-order valence-electron chi connectivity index (χ3n) is 2.15. The maximum Gasteiger partial charge on any atom is 0.0866 e. The van der Waals surface area contributed by atoms with Gasteiger partial charge in [0.25, 0.3) is 0 Å². The number of ether oxygens (including phenoxy) is 1. The molecule has 0 bridgehead atoms. The van der Waals surface area contributed by atoms with Crippen molar-refractivity contribution < 1.29 is 4.74 Å². The van der Waals surface area contributed by atoms with E-state index in [0.29, 0.717) is 6.54 Å².